The minimum Gasteiger partial charge on any atom is -0.339 e. The second-order valence-corrected chi connectivity index (χ2v) is 6.60. The molecule has 0 fully saturated rings. The minimum absolute atomic E-state index is 0.0219. The number of amides is 2. The van der Waals surface area contributed by atoms with Crippen molar-refractivity contribution in [2.45, 2.75) is 33.2 Å². The summed E-state index contributed by atoms with van der Waals surface area (Å²) in [6.45, 7) is 5.93. The van der Waals surface area contributed by atoms with Crippen LogP contribution in [0.25, 0.3) is 0 Å². The van der Waals surface area contributed by atoms with Crippen molar-refractivity contribution in [2.24, 2.45) is 5.73 Å². The fourth-order valence-corrected chi connectivity index (χ4v) is 3.09. The summed E-state index contributed by atoms with van der Waals surface area (Å²) in [4.78, 5) is 30.7. The SMILES string of the molecule is CCCN(CCC)C(=O)c1ccc(NC(=O)c2csc(CN)n2)cc1. The van der Waals surface area contributed by atoms with Gasteiger partial charge in [0.1, 0.15) is 10.7 Å². The van der Waals surface area contributed by atoms with Crippen molar-refractivity contribution in [2.75, 3.05) is 18.4 Å². The van der Waals surface area contributed by atoms with Crippen molar-refractivity contribution in [3.63, 3.8) is 0 Å². The number of carbonyl (C=O) groups is 2. The molecule has 6 nitrogen and oxygen atoms in total. The predicted molar refractivity (Wildman–Crippen MR) is 101 cm³/mol. The van der Waals surface area contributed by atoms with Gasteiger partial charge in [0.15, 0.2) is 0 Å². The van der Waals surface area contributed by atoms with Crippen LogP contribution >= 0.6 is 11.3 Å². The molecule has 1 aromatic carbocycles. The summed E-state index contributed by atoms with van der Waals surface area (Å²) in [6, 6.07) is 6.94. The molecule has 1 heterocycles. The standard InChI is InChI=1S/C18H24N4O2S/c1-3-9-22(10-4-2)18(24)13-5-7-14(8-6-13)20-17(23)15-12-25-16(11-19)21-15/h5-8,12H,3-4,9-11,19H2,1-2H3,(H,20,23). The van der Waals surface area contributed by atoms with E-state index >= 15 is 0 Å². The van der Waals surface area contributed by atoms with Crippen LogP contribution in [-0.2, 0) is 6.54 Å². The molecule has 134 valence electrons. The summed E-state index contributed by atoms with van der Waals surface area (Å²) in [5.41, 5.74) is 7.11. The average molecular weight is 360 g/mol. The Balaban J connectivity index is 2.03. The van der Waals surface area contributed by atoms with Gasteiger partial charge >= 0.3 is 0 Å². The second-order valence-electron chi connectivity index (χ2n) is 5.65. The van der Waals surface area contributed by atoms with E-state index in [2.05, 4.69) is 24.1 Å². The van der Waals surface area contributed by atoms with E-state index in [1.165, 1.54) is 11.3 Å². The molecule has 0 radical (unpaired) electrons. The molecule has 2 rings (SSSR count). The molecule has 0 saturated carbocycles. The van der Waals surface area contributed by atoms with Crippen LogP contribution in [0.2, 0.25) is 0 Å². The molecule has 0 aliphatic carbocycles. The number of hydrogen-bond donors (Lipinski definition) is 2. The fourth-order valence-electron chi connectivity index (χ4n) is 2.44. The normalized spacial score (nSPS) is 10.5. The van der Waals surface area contributed by atoms with Gasteiger partial charge in [-0.05, 0) is 37.1 Å². The Morgan fingerprint density at radius 2 is 1.80 bits per heavy atom. The van der Waals surface area contributed by atoms with Crippen molar-refractivity contribution in [3.8, 4) is 0 Å². The third kappa shape index (κ3) is 5.11. The van der Waals surface area contributed by atoms with Gasteiger partial charge in [0.2, 0.25) is 0 Å². The largest absolute Gasteiger partial charge is 0.339 e. The highest BCUT2D eigenvalue weighted by atomic mass is 32.1. The molecule has 0 unspecified atom stereocenters. The maximum atomic E-state index is 12.5. The topological polar surface area (TPSA) is 88.3 Å². The Morgan fingerprint density at radius 3 is 2.32 bits per heavy atom. The molecular weight excluding hydrogens is 336 g/mol. The van der Waals surface area contributed by atoms with Crippen LogP contribution < -0.4 is 11.1 Å². The summed E-state index contributed by atoms with van der Waals surface area (Å²) >= 11 is 1.36. The van der Waals surface area contributed by atoms with Crippen LogP contribution in [0.4, 0.5) is 5.69 Å². The third-order valence-corrected chi connectivity index (χ3v) is 4.49. The summed E-state index contributed by atoms with van der Waals surface area (Å²) in [5, 5.41) is 5.18. The van der Waals surface area contributed by atoms with E-state index in [-0.39, 0.29) is 11.8 Å². The number of rotatable bonds is 8. The molecule has 25 heavy (non-hydrogen) atoms. The molecule has 0 aliphatic heterocycles. The molecule has 0 atom stereocenters. The summed E-state index contributed by atoms with van der Waals surface area (Å²) in [5.74, 6) is -0.262. The van der Waals surface area contributed by atoms with Crippen molar-refractivity contribution in [3.05, 3.63) is 45.9 Å². The molecule has 0 spiro atoms. The van der Waals surface area contributed by atoms with E-state index in [4.69, 9.17) is 5.73 Å². The monoisotopic (exact) mass is 360 g/mol. The van der Waals surface area contributed by atoms with E-state index in [0.29, 0.717) is 23.5 Å². The van der Waals surface area contributed by atoms with Gasteiger partial charge in [-0.1, -0.05) is 13.8 Å². The Bertz CT molecular complexity index is 706. The number of anilines is 1. The zero-order valence-corrected chi connectivity index (χ0v) is 15.4. The van der Waals surface area contributed by atoms with Gasteiger partial charge in [-0.25, -0.2) is 4.98 Å². The number of aromatic nitrogens is 1. The van der Waals surface area contributed by atoms with Gasteiger partial charge in [-0.15, -0.1) is 11.3 Å². The van der Waals surface area contributed by atoms with Gasteiger partial charge in [0, 0.05) is 36.3 Å². The number of thiazole rings is 1. The van der Waals surface area contributed by atoms with Crippen LogP contribution in [0.3, 0.4) is 0 Å². The number of nitrogens with zero attached hydrogens (tertiary/aromatic N) is 2. The first-order valence-corrected chi connectivity index (χ1v) is 9.32. The number of benzene rings is 1. The second kappa shape index (κ2) is 9.29. The maximum absolute atomic E-state index is 12.5. The highest BCUT2D eigenvalue weighted by Gasteiger charge is 2.15. The molecule has 7 heteroatoms. The number of hydrogen-bond acceptors (Lipinski definition) is 5. The first-order valence-electron chi connectivity index (χ1n) is 8.44. The Morgan fingerprint density at radius 1 is 1.16 bits per heavy atom. The van der Waals surface area contributed by atoms with E-state index in [1.807, 2.05) is 4.90 Å². The van der Waals surface area contributed by atoms with Gasteiger partial charge in [0.05, 0.1) is 0 Å². The third-order valence-electron chi connectivity index (χ3n) is 3.62. The fraction of sp³-hybridized carbons (Fsp3) is 0.389. The van der Waals surface area contributed by atoms with Crippen LogP contribution in [0.1, 0.15) is 52.5 Å². The Labute approximate surface area is 152 Å². The first kappa shape index (κ1) is 19.1. The quantitative estimate of drug-likeness (QED) is 0.757. The molecule has 1 aromatic heterocycles. The lowest BCUT2D eigenvalue weighted by Crippen LogP contribution is -2.32. The lowest BCUT2D eigenvalue weighted by Gasteiger charge is -2.21. The molecule has 0 saturated heterocycles. The van der Waals surface area contributed by atoms with Crippen molar-refractivity contribution in [1.82, 2.24) is 9.88 Å². The Hall–Kier alpha value is -2.25. The van der Waals surface area contributed by atoms with Crippen molar-refractivity contribution in [1.29, 1.82) is 0 Å². The average Bonchev–Trinajstić information content (AvgIpc) is 3.11. The summed E-state index contributed by atoms with van der Waals surface area (Å²) in [6.07, 6.45) is 1.86. The van der Waals surface area contributed by atoms with Gasteiger partial charge in [-0.2, -0.15) is 0 Å². The van der Waals surface area contributed by atoms with E-state index in [9.17, 15) is 9.59 Å². The molecule has 2 aromatic rings. The molecule has 0 bridgehead atoms. The number of carbonyl (C=O) groups excluding carboxylic acids is 2. The lowest BCUT2D eigenvalue weighted by atomic mass is 10.1. The van der Waals surface area contributed by atoms with Gasteiger partial charge < -0.3 is 16.0 Å². The highest BCUT2D eigenvalue weighted by Crippen LogP contribution is 2.15. The number of nitrogens with one attached hydrogen (secondary N) is 1. The van der Waals surface area contributed by atoms with Crippen LogP contribution in [-0.4, -0.2) is 34.8 Å². The van der Waals surface area contributed by atoms with Crippen LogP contribution in [0, 0.1) is 0 Å². The molecule has 3 N–H and O–H groups in total. The Kier molecular flexibility index (Phi) is 7.09. The van der Waals surface area contributed by atoms with E-state index in [0.717, 1.165) is 30.9 Å². The first-order chi connectivity index (χ1) is 12.1. The van der Waals surface area contributed by atoms with E-state index in [1.54, 1.807) is 29.6 Å². The van der Waals surface area contributed by atoms with E-state index < -0.39 is 0 Å². The maximum Gasteiger partial charge on any atom is 0.275 e. The van der Waals surface area contributed by atoms with Crippen LogP contribution in [0.5, 0.6) is 0 Å². The summed E-state index contributed by atoms with van der Waals surface area (Å²) < 4.78 is 0. The smallest absolute Gasteiger partial charge is 0.275 e. The van der Waals surface area contributed by atoms with Crippen molar-refractivity contribution >= 4 is 28.8 Å². The predicted octanol–water partition coefficient (Wildman–Crippen LogP) is 3.12. The summed E-state index contributed by atoms with van der Waals surface area (Å²) in [7, 11) is 0. The zero-order chi connectivity index (χ0) is 18.2. The lowest BCUT2D eigenvalue weighted by molar-refractivity contribution is 0.0755. The zero-order valence-electron chi connectivity index (χ0n) is 14.6. The minimum atomic E-state index is -0.284. The van der Waals surface area contributed by atoms with Gasteiger partial charge in [-0.3, -0.25) is 9.59 Å². The molecular formula is C18H24N4O2S. The van der Waals surface area contributed by atoms with Crippen molar-refractivity contribution < 1.29 is 9.59 Å². The molecule has 2 amide bonds. The number of nitrogens with two attached hydrogens (primary N) is 1. The van der Waals surface area contributed by atoms with Crippen LogP contribution in [0.15, 0.2) is 29.6 Å². The van der Waals surface area contributed by atoms with Gasteiger partial charge in [0.25, 0.3) is 11.8 Å². The highest BCUT2D eigenvalue weighted by molar-refractivity contribution is 7.09. The molecule has 0 aliphatic rings.